The molecule has 1 aromatic rings. The van der Waals surface area contributed by atoms with Gasteiger partial charge >= 0.3 is 0 Å². The molecule has 0 aliphatic rings. The molecule has 0 saturated carbocycles. The summed E-state index contributed by atoms with van der Waals surface area (Å²) in [4.78, 5) is 16.4. The van der Waals surface area contributed by atoms with E-state index in [0.29, 0.717) is 11.6 Å². The highest BCUT2D eigenvalue weighted by Crippen LogP contribution is 2.19. The van der Waals surface area contributed by atoms with E-state index >= 15 is 0 Å². The summed E-state index contributed by atoms with van der Waals surface area (Å²) in [5.74, 6) is 0.00229. The van der Waals surface area contributed by atoms with Crippen LogP contribution in [0.3, 0.4) is 0 Å². The van der Waals surface area contributed by atoms with Crippen molar-refractivity contribution in [2.45, 2.75) is 20.8 Å². The van der Waals surface area contributed by atoms with Gasteiger partial charge in [-0.2, -0.15) is 0 Å². The minimum Gasteiger partial charge on any atom is -0.325 e. The van der Waals surface area contributed by atoms with Gasteiger partial charge in [0.15, 0.2) is 0 Å². The highest BCUT2D eigenvalue weighted by molar-refractivity contribution is 6.30. The number of halogens is 1. The molecule has 0 aromatic heterocycles. The van der Waals surface area contributed by atoms with Crippen LogP contribution in [0.1, 0.15) is 19.4 Å². The summed E-state index contributed by atoms with van der Waals surface area (Å²) in [5.41, 5.74) is 1.79. The largest absolute Gasteiger partial charge is 0.325 e. The SMILES string of the molecule is CCN(CC)CCN(C)CC(=O)Nc1ccc(Cl)cc1C. The predicted molar refractivity (Wildman–Crippen MR) is 90.1 cm³/mol. The van der Waals surface area contributed by atoms with Gasteiger partial charge in [0.25, 0.3) is 0 Å². The van der Waals surface area contributed by atoms with E-state index in [4.69, 9.17) is 11.6 Å². The van der Waals surface area contributed by atoms with Crippen molar-refractivity contribution < 1.29 is 4.79 Å². The fourth-order valence-electron chi connectivity index (χ4n) is 2.13. The van der Waals surface area contributed by atoms with Crippen molar-refractivity contribution in [3.63, 3.8) is 0 Å². The third kappa shape index (κ3) is 6.46. The van der Waals surface area contributed by atoms with Gasteiger partial charge in [-0.15, -0.1) is 0 Å². The van der Waals surface area contributed by atoms with Crippen LogP contribution >= 0.6 is 11.6 Å². The van der Waals surface area contributed by atoms with Gasteiger partial charge in [0, 0.05) is 23.8 Å². The maximum absolute atomic E-state index is 12.0. The molecular formula is C16H26ClN3O. The Hall–Kier alpha value is -1.10. The molecule has 0 aliphatic carbocycles. The van der Waals surface area contributed by atoms with Crippen LogP contribution in [0.2, 0.25) is 5.02 Å². The van der Waals surface area contributed by atoms with Crippen molar-refractivity contribution in [3.8, 4) is 0 Å². The number of anilines is 1. The summed E-state index contributed by atoms with van der Waals surface area (Å²) < 4.78 is 0. The Morgan fingerprint density at radius 3 is 2.48 bits per heavy atom. The number of nitrogens with one attached hydrogen (secondary N) is 1. The Labute approximate surface area is 133 Å². The first-order chi connectivity index (χ1) is 9.96. The topological polar surface area (TPSA) is 35.6 Å². The first-order valence-electron chi connectivity index (χ1n) is 7.43. The van der Waals surface area contributed by atoms with Crippen molar-refractivity contribution in [2.75, 3.05) is 45.1 Å². The van der Waals surface area contributed by atoms with Gasteiger partial charge < -0.3 is 10.2 Å². The van der Waals surface area contributed by atoms with Gasteiger partial charge in [-0.05, 0) is 50.8 Å². The molecule has 0 atom stereocenters. The van der Waals surface area contributed by atoms with Crippen molar-refractivity contribution >= 4 is 23.2 Å². The summed E-state index contributed by atoms with van der Waals surface area (Å²) >= 11 is 5.91. The quantitative estimate of drug-likeness (QED) is 0.802. The predicted octanol–water partition coefficient (Wildman–Crippen LogP) is 2.86. The highest BCUT2D eigenvalue weighted by Gasteiger charge is 2.09. The van der Waals surface area contributed by atoms with Gasteiger partial charge in [-0.1, -0.05) is 25.4 Å². The van der Waals surface area contributed by atoms with Gasteiger partial charge in [-0.3, -0.25) is 9.69 Å². The number of likely N-dealkylation sites (N-methyl/N-ethyl adjacent to an activating group) is 2. The second-order valence-electron chi connectivity index (χ2n) is 5.27. The van der Waals surface area contributed by atoms with Crippen LogP contribution in [0.15, 0.2) is 18.2 Å². The molecule has 21 heavy (non-hydrogen) atoms. The van der Waals surface area contributed by atoms with Crippen LogP contribution in [0.25, 0.3) is 0 Å². The average molecular weight is 312 g/mol. The molecule has 0 aliphatic heterocycles. The van der Waals surface area contributed by atoms with Crippen molar-refractivity contribution in [1.82, 2.24) is 9.80 Å². The third-order valence-corrected chi connectivity index (χ3v) is 3.80. The number of amides is 1. The molecule has 0 bridgehead atoms. The number of nitrogens with zero attached hydrogens (tertiary/aromatic N) is 2. The van der Waals surface area contributed by atoms with Crippen LogP contribution < -0.4 is 5.32 Å². The zero-order valence-corrected chi connectivity index (χ0v) is 14.2. The van der Waals surface area contributed by atoms with Gasteiger partial charge in [0.05, 0.1) is 6.54 Å². The molecule has 0 spiro atoms. The molecule has 1 amide bonds. The van der Waals surface area contributed by atoms with E-state index in [1.165, 1.54) is 0 Å². The lowest BCUT2D eigenvalue weighted by atomic mass is 10.2. The molecule has 4 nitrogen and oxygen atoms in total. The molecule has 0 heterocycles. The zero-order chi connectivity index (χ0) is 15.8. The fourth-order valence-corrected chi connectivity index (χ4v) is 2.36. The van der Waals surface area contributed by atoms with E-state index in [-0.39, 0.29) is 5.91 Å². The van der Waals surface area contributed by atoms with Crippen molar-refractivity contribution in [1.29, 1.82) is 0 Å². The lowest BCUT2D eigenvalue weighted by Gasteiger charge is -2.22. The Kier molecular flexibility index (Phi) is 7.72. The normalized spacial score (nSPS) is 11.2. The van der Waals surface area contributed by atoms with Crippen LogP contribution in [0.5, 0.6) is 0 Å². The maximum Gasteiger partial charge on any atom is 0.238 e. The van der Waals surface area contributed by atoms with E-state index in [1.807, 2.05) is 31.0 Å². The van der Waals surface area contributed by atoms with Gasteiger partial charge in [0.1, 0.15) is 0 Å². The van der Waals surface area contributed by atoms with Crippen LogP contribution in [0.4, 0.5) is 5.69 Å². The van der Waals surface area contributed by atoms with Crippen LogP contribution in [-0.4, -0.2) is 55.5 Å². The van der Waals surface area contributed by atoms with Crippen molar-refractivity contribution in [3.05, 3.63) is 28.8 Å². The lowest BCUT2D eigenvalue weighted by Crippen LogP contribution is -2.37. The lowest BCUT2D eigenvalue weighted by molar-refractivity contribution is -0.117. The zero-order valence-electron chi connectivity index (χ0n) is 13.4. The molecule has 5 heteroatoms. The summed E-state index contributed by atoms with van der Waals surface area (Å²) in [7, 11) is 1.97. The number of hydrogen-bond donors (Lipinski definition) is 1. The summed E-state index contributed by atoms with van der Waals surface area (Å²) in [6, 6.07) is 5.47. The standard InChI is InChI=1S/C16H26ClN3O/c1-5-20(6-2)10-9-19(4)12-16(21)18-15-8-7-14(17)11-13(15)3/h7-8,11H,5-6,9-10,12H2,1-4H3,(H,18,21). The van der Waals surface area contributed by atoms with Crippen LogP contribution in [0, 0.1) is 6.92 Å². The monoisotopic (exact) mass is 311 g/mol. The summed E-state index contributed by atoms with van der Waals surface area (Å²) in [6.45, 7) is 10.6. The van der Waals surface area contributed by atoms with E-state index in [9.17, 15) is 4.79 Å². The molecule has 0 fully saturated rings. The van der Waals surface area contributed by atoms with E-state index in [0.717, 1.165) is 37.4 Å². The van der Waals surface area contributed by atoms with Crippen molar-refractivity contribution in [2.24, 2.45) is 0 Å². The molecule has 1 N–H and O–H groups in total. The number of aryl methyl sites for hydroxylation is 1. The molecule has 1 rings (SSSR count). The second-order valence-corrected chi connectivity index (χ2v) is 5.71. The number of hydrogen-bond acceptors (Lipinski definition) is 3. The second kappa shape index (κ2) is 9.03. The van der Waals surface area contributed by atoms with E-state index < -0.39 is 0 Å². The first kappa shape index (κ1) is 18.0. The van der Waals surface area contributed by atoms with Crippen LogP contribution in [-0.2, 0) is 4.79 Å². The molecular weight excluding hydrogens is 286 g/mol. The van der Waals surface area contributed by atoms with E-state index in [1.54, 1.807) is 6.07 Å². The molecule has 0 unspecified atom stereocenters. The Bertz CT molecular complexity index is 461. The Balaban J connectivity index is 2.42. The summed E-state index contributed by atoms with van der Waals surface area (Å²) in [5, 5.41) is 3.61. The minimum atomic E-state index is 0.00229. The summed E-state index contributed by atoms with van der Waals surface area (Å²) in [6.07, 6.45) is 0. The first-order valence-corrected chi connectivity index (χ1v) is 7.81. The number of benzene rings is 1. The van der Waals surface area contributed by atoms with Gasteiger partial charge in [-0.25, -0.2) is 0 Å². The Morgan fingerprint density at radius 2 is 1.90 bits per heavy atom. The number of carbonyl (C=O) groups is 1. The fraction of sp³-hybridized carbons (Fsp3) is 0.562. The number of carbonyl (C=O) groups excluding carboxylic acids is 1. The molecule has 0 saturated heterocycles. The minimum absolute atomic E-state index is 0.00229. The average Bonchev–Trinajstić information content (AvgIpc) is 2.43. The highest BCUT2D eigenvalue weighted by atomic mass is 35.5. The van der Waals surface area contributed by atoms with E-state index in [2.05, 4.69) is 24.1 Å². The molecule has 118 valence electrons. The van der Waals surface area contributed by atoms with Gasteiger partial charge in [0.2, 0.25) is 5.91 Å². The molecule has 1 aromatic carbocycles. The molecule has 0 radical (unpaired) electrons. The smallest absolute Gasteiger partial charge is 0.238 e. The Morgan fingerprint density at radius 1 is 1.24 bits per heavy atom. The third-order valence-electron chi connectivity index (χ3n) is 3.57. The maximum atomic E-state index is 12.0. The number of rotatable bonds is 8.